The number of carbonyl (C=O) groups excluding carboxylic acids is 1. The summed E-state index contributed by atoms with van der Waals surface area (Å²) in [6.45, 7) is -0.234. The Morgan fingerprint density at radius 3 is 2.76 bits per heavy atom. The molecule has 0 unspecified atom stereocenters. The van der Waals surface area contributed by atoms with Gasteiger partial charge in [0, 0.05) is 5.56 Å². The average molecular weight is 244 g/mol. The Bertz CT molecular complexity index is 483. The highest BCUT2D eigenvalue weighted by atomic mass is 19.4. The van der Waals surface area contributed by atoms with Gasteiger partial charge in [0.15, 0.2) is 12.4 Å². The predicted octanol–water partition coefficient (Wildman–Crippen LogP) is 1.51. The van der Waals surface area contributed by atoms with Crippen LogP contribution < -0.4 is 5.32 Å². The van der Waals surface area contributed by atoms with Crippen molar-refractivity contribution in [3.8, 4) is 0 Å². The van der Waals surface area contributed by atoms with E-state index in [1.807, 2.05) is 0 Å². The van der Waals surface area contributed by atoms with Gasteiger partial charge < -0.3 is 10.2 Å². The second-order valence-electron chi connectivity index (χ2n) is 3.34. The first kappa shape index (κ1) is 11.4. The minimum absolute atomic E-state index is 0.0210. The van der Waals surface area contributed by atoms with Gasteiger partial charge in [0.1, 0.15) is 0 Å². The number of amidine groups is 1. The zero-order valence-electron chi connectivity index (χ0n) is 8.41. The van der Waals surface area contributed by atoms with E-state index in [1.54, 1.807) is 0 Å². The van der Waals surface area contributed by atoms with E-state index < -0.39 is 17.6 Å². The first-order chi connectivity index (χ1) is 7.97. The van der Waals surface area contributed by atoms with E-state index in [1.165, 1.54) is 12.1 Å². The molecule has 17 heavy (non-hydrogen) atoms. The number of hydrogen-bond donors (Lipinski definition) is 1. The number of nitrogens with zero attached hydrogens (tertiary/aromatic N) is 1. The second-order valence-corrected chi connectivity index (χ2v) is 3.34. The van der Waals surface area contributed by atoms with E-state index >= 15 is 0 Å². The quantitative estimate of drug-likeness (QED) is 0.814. The number of halogens is 3. The SMILES string of the molecule is O=C1CON=C(c2cccc(C(F)(F)F)c2)N1. The summed E-state index contributed by atoms with van der Waals surface area (Å²) in [6, 6.07) is 4.48. The fraction of sp³-hybridized carbons (Fsp3) is 0.200. The predicted molar refractivity (Wildman–Crippen MR) is 52.1 cm³/mol. The molecule has 1 aliphatic heterocycles. The Labute approximate surface area is 94.1 Å². The zero-order valence-corrected chi connectivity index (χ0v) is 8.41. The molecular weight excluding hydrogens is 237 g/mol. The second kappa shape index (κ2) is 4.08. The third-order valence-electron chi connectivity index (χ3n) is 2.07. The normalized spacial score (nSPS) is 15.9. The van der Waals surface area contributed by atoms with E-state index in [4.69, 9.17) is 0 Å². The number of carbonyl (C=O) groups is 1. The van der Waals surface area contributed by atoms with Crippen LogP contribution in [0.5, 0.6) is 0 Å². The summed E-state index contributed by atoms with van der Waals surface area (Å²) >= 11 is 0. The van der Waals surface area contributed by atoms with Crippen LogP contribution in [0.4, 0.5) is 13.2 Å². The molecule has 1 N–H and O–H groups in total. The first-order valence-corrected chi connectivity index (χ1v) is 4.64. The molecule has 2 rings (SSSR count). The molecule has 1 aromatic carbocycles. The van der Waals surface area contributed by atoms with Crippen molar-refractivity contribution >= 4 is 11.7 Å². The summed E-state index contributed by atoms with van der Waals surface area (Å²) in [5.41, 5.74) is -0.662. The number of rotatable bonds is 1. The molecule has 90 valence electrons. The number of amides is 1. The van der Waals surface area contributed by atoms with Gasteiger partial charge >= 0.3 is 6.18 Å². The topological polar surface area (TPSA) is 50.7 Å². The van der Waals surface area contributed by atoms with Gasteiger partial charge in [-0.3, -0.25) is 4.79 Å². The minimum atomic E-state index is -4.43. The molecular formula is C10H7F3N2O2. The van der Waals surface area contributed by atoms with Crippen molar-refractivity contribution in [1.82, 2.24) is 5.32 Å². The van der Waals surface area contributed by atoms with Crippen LogP contribution in [0.1, 0.15) is 11.1 Å². The summed E-state index contributed by atoms with van der Waals surface area (Å²) < 4.78 is 37.4. The number of oxime groups is 1. The Hall–Kier alpha value is -2.05. The van der Waals surface area contributed by atoms with Gasteiger partial charge in [-0.1, -0.05) is 17.3 Å². The van der Waals surface area contributed by atoms with Crippen molar-refractivity contribution in [2.24, 2.45) is 5.16 Å². The lowest BCUT2D eigenvalue weighted by molar-refractivity contribution is -0.137. The highest BCUT2D eigenvalue weighted by Crippen LogP contribution is 2.29. The Kier molecular flexibility index (Phi) is 2.74. The molecule has 0 saturated heterocycles. The van der Waals surface area contributed by atoms with Crippen LogP contribution in [0.3, 0.4) is 0 Å². The van der Waals surface area contributed by atoms with Crippen molar-refractivity contribution in [2.45, 2.75) is 6.18 Å². The monoisotopic (exact) mass is 244 g/mol. The fourth-order valence-electron chi connectivity index (χ4n) is 1.31. The fourth-order valence-corrected chi connectivity index (χ4v) is 1.31. The van der Waals surface area contributed by atoms with E-state index in [0.29, 0.717) is 0 Å². The van der Waals surface area contributed by atoms with Crippen molar-refractivity contribution in [2.75, 3.05) is 6.61 Å². The number of alkyl halides is 3. The van der Waals surface area contributed by atoms with Crippen LogP contribution in [0.25, 0.3) is 0 Å². The van der Waals surface area contributed by atoms with Crippen LogP contribution in [-0.2, 0) is 15.8 Å². The third-order valence-corrected chi connectivity index (χ3v) is 2.07. The van der Waals surface area contributed by atoms with Crippen molar-refractivity contribution in [3.63, 3.8) is 0 Å². The van der Waals surface area contributed by atoms with Gasteiger partial charge in [0.25, 0.3) is 5.91 Å². The van der Waals surface area contributed by atoms with Gasteiger partial charge in [0.05, 0.1) is 5.56 Å². The van der Waals surface area contributed by atoms with Gasteiger partial charge in [-0.05, 0) is 12.1 Å². The maximum Gasteiger partial charge on any atom is 0.416 e. The summed E-state index contributed by atoms with van der Waals surface area (Å²) in [5.74, 6) is -0.472. The smallest absolute Gasteiger partial charge is 0.384 e. The molecule has 1 heterocycles. The van der Waals surface area contributed by atoms with E-state index in [-0.39, 0.29) is 18.0 Å². The van der Waals surface area contributed by atoms with E-state index in [0.717, 1.165) is 12.1 Å². The molecule has 0 atom stereocenters. The van der Waals surface area contributed by atoms with Gasteiger partial charge in [-0.2, -0.15) is 13.2 Å². The minimum Gasteiger partial charge on any atom is -0.384 e. The largest absolute Gasteiger partial charge is 0.416 e. The summed E-state index contributed by atoms with van der Waals surface area (Å²) in [5, 5.41) is 5.82. The maximum absolute atomic E-state index is 12.5. The molecule has 4 nitrogen and oxygen atoms in total. The molecule has 1 amide bonds. The van der Waals surface area contributed by atoms with E-state index in [2.05, 4.69) is 15.3 Å². The van der Waals surface area contributed by atoms with Crippen LogP contribution in [0.15, 0.2) is 29.4 Å². The van der Waals surface area contributed by atoms with Gasteiger partial charge in [-0.15, -0.1) is 0 Å². The Balaban J connectivity index is 2.34. The average Bonchev–Trinajstić information content (AvgIpc) is 2.28. The van der Waals surface area contributed by atoms with Crippen LogP contribution in [0.2, 0.25) is 0 Å². The van der Waals surface area contributed by atoms with E-state index in [9.17, 15) is 18.0 Å². The molecule has 7 heteroatoms. The molecule has 0 radical (unpaired) electrons. The maximum atomic E-state index is 12.5. The number of benzene rings is 1. The molecule has 0 saturated carbocycles. The van der Waals surface area contributed by atoms with Crippen LogP contribution >= 0.6 is 0 Å². The lowest BCUT2D eigenvalue weighted by atomic mass is 10.1. The molecule has 1 aliphatic rings. The van der Waals surface area contributed by atoms with Gasteiger partial charge in [0.2, 0.25) is 0 Å². The van der Waals surface area contributed by atoms with Crippen LogP contribution in [-0.4, -0.2) is 18.3 Å². The van der Waals surface area contributed by atoms with Crippen molar-refractivity contribution in [1.29, 1.82) is 0 Å². The van der Waals surface area contributed by atoms with Gasteiger partial charge in [-0.25, -0.2) is 0 Å². The number of hydrogen-bond acceptors (Lipinski definition) is 3. The molecule has 1 aromatic rings. The third kappa shape index (κ3) is 2.55. The first-order valence-electron chi connectivity index (χ1n) is 4.64. The zero-order chi connectivity index (χ0) is 12.5. The highest BCUT2D eigenvalue weighted by Gasteiger charge is 2.31. The molecule has 0 spiro atoms. The highest BCUT2D eigenvalue weighted by molar-refractivity contribution is 6.08. The number of nitrogens with one attached hydrogen (secondary N) is 1. The molecule has 0 aromatic heterocycles. The molecule has 0 aliphatic carbocycles. The summed E-state index contributed by atoms with van der Waals surface area (Å²) in [4.78, 5) is 15.6. The lowest BCUT2D eigenvalue weighted by Crippen LogP contribution is -2.37. The van der Waals surface area contributed by atoms with Crippen LogP contribution in [0, 0.1) is 0 Å². The summed E-state index contributed by atoms with van der Waals surface area (Å²) in [7, 11) is 0. The van der Waals surface area contributed by atoms with Crippen molar-refractivity contribution < 1.29 is 22.8 Å². The molecule has 0 bridgehead atoms. The van der Waals surface area contributed by atoms with Crippen molar-refractivity contribution in [3.05, 3.63) is 35.4 Å². The standard InChI is InChI=1S/C10H7F3N2O2/c11-10(12,13)7-3-1-2-6(4-7)9-14-8(16)5-17-15-9/h1-4H,5H2,(H,14,15,16). The lowest BCUT2D eigenvalue weighted by Gasteiger charge is -2.14. The summed E-state index contributed by atoms with van der Waals surface area (Å²) in [6.07, 6.45) is -4.43. The Morgan fingerprint density at radius 1 is 1.35 bits per heavy atom. The Morgan fingerprint density at radius 2 is 2.12 bits per heavy atom. The molecule has 0 fully saturated rings.